The average molecular weight is 2130 g/mol. The van der Waals surface area contributed by atoms with Crippen LogP contribution in [0.3, 0.4) is 0 Å². The van der Waals surface area contributed by atoms with Gasteiger partial charge < -0.3 is 106 Å². The largest absolute Gasteiger partial charge is 0.493 e. The number of carboxylic acid groups (broad SMARTS) is 2. The summed E-state index contributed by atoms with van der Waals surface area (Å²) in [4.78, 5) is 74.2. The molecule has 9 aromatic carbocycles. The van der Waals surface area contributed by atoms with Crippen LogP contribution in [-0.4, -0.2) is 158 Å². The first kappa shape index (κ1) is 104. The maximum absolute atomic E-state index is 13.0. The van der Waals surface area contributed by atoms with Crippen molar-refractivity contribution in [1.29, 1.82) is 0 Å². The fraction of sp³-hybridized carbons (Fsp3) is 0.227. The number of nitrogens with two attached hydrogens (primary N) is 1. The molecule has 5 aliphatic rings. The molecule has 5 aliphatic heterocycles. The number of nitrogens with zero attached hydrogens (tertiary/aromatic N) is 4. The molecule has 0 aliphatic carbocycles. The number of hydrogen-bond acceptors (Lipinski definition) is 29. The van der Waals surface area contributed by atoms with Crippen LogP contribution < -0.4 is 91.0 Å². The lowest BCUT2D eigenvalue weighted by Gasteiger charge is -2.13. The van der Waals surface area contributed by atoms with Gasteiger partial charge in [0, 0.05) is 115 Å². The number of ether oxygens (including phenoxy) is 19. The quantitative estimate of drug-likeness (QED) is 0.0222. The Hall–Kier alpha value is -13.8. The molecule has 0 bridgehead atoms. The lowest BCUT2D eigenvalue weighted by Crippen LogP contribution is -2.08. The molecule has 34 heteroatoms. The fourth-order valence-electron chi connectivity index (χ4n) is 12.9. The number of benzene rings is 9. The predicted molar refractivity (Wildman–Crippen MR) is 525 cm³/mol. The van der Waals surface area contributed by atoms with Gasteiger partial charge in [0.25, 0.3) is 0 Å². The summed E-state index contributed by atoms with van der Waals surface area (Å²) in [5.41, 5.74) is 15.5. The number of carboxylic acids is 2. The molecule has 9 heterocycles. The molecule has 0 atom stereocenters. The van der Waals surface area contributed by atoms with Crippen LogP contribution in [0.25, 0.3) is 66.9 Å². The number of aliphatic carboxylic acids is 2. The Morgan fingerprint density at radius 2 is 0.725 bits per heavy atom. The van der Waals surface area contributed by atoms with E-state index in [1.807, 2.05) is 42.5 Å². The first-order valence-corrected chi connectivity index (χ1v) is 41.1. The van der Waals surface area contributed by atoms with E-state index in [4.69, 9.17) is 101 Å². The Morgan fingerprint density at radius 3 is 1.14 bits per heavy atom. The zero-order chi connectivity index (χ0) is 89.7. The molecule has 690 valence electrons. The maximum Gasteiger partial charge on any atom is 0.338 e. The lowest BCUT2D eigenvalue weighted by molar-refractivity contribution is -0.137. The van der Waals surface area contributed by atoms with Crippen molar-refractivity contribution >= 4 is 171 Å². The number of anilines is 1. The molecule has 4 aromatic heterocycles. The van der Waals surface area contributed by atoms with Crippen molar-refractivity contribution in [1.82, 2.24) is 19.9 Å². The van der Waals surface area contributed by atoms with Gasteiger partial charge in [-0.15, -0.1) is 0 Å². The number of halogens is 3. The predicted octanol–water partition coefficient (Wildman–Crippen LogP) is 20.6. The number of carbonyl (C=O) groups excluding carboxylic acids is 3. The van der Waals surface area contributed by atoms with Gasteiger partial charge in [0.05, 0.1) is 103 Å². The van der Waals surface area contributed by atoms with Gasteiger partial charge in [0.1, 0.15) is 6.29 Å². The molecule has 0 radical (unpaired) electrons. The minimum absolute atomic E-state index is 0. The normalized spacial score (nSPS) is 11.8. The van der Waals surface area contributed by atoms with E-state index in [1.54, 1.807) is 190 Å². The van der Waals surface area contributed by atoms with Gasteiger partial charge in [0.2, 0.25) is 34.0 Å². The van der Waals surface area contributed by atoms with E-state index in [2.05, 4.69) is 94.6 Å². The van der Waals surface area contributed by atoms with Crippen molar-refractivity contribution in [2.75, 3.05) is 103 Å². The summed E-state index contributed by atoms with van der Waals surface area (Å²) >= 11 is 6.41. The van der Waals surface area contributed by atoms with Gasteiger partial charge in [-0.05, 0) is 231 Å². The highest BCUT2D eigenvalue weighted by molar-refractivity contribution is 14.1. The fourth-order valence-corrected chi connectivity index (χ4v) is 14.7. The standard InChI is InChI=1S/C23H20INO6.C21H16INO6.C12H9NO4.C11H9NO2.C9H9IO3.C9H10O3.C7H7NO2.5CH4/c1-4-29-23(26)16(7-13-8-19(27-2)20(28-3)10-17(13)24)14-5-6-25-18-11-22-21(9-15(14)18)30-12-31-22;1-26-17-6-11(15(22)8-18(17)27-2)5-14(21(24)25)12-3-4-23-16-9-20-19(7-13(12)16)28-10-29-20;14-12(15)3-7-1-2-13-9-5-11-10(4-8(7)9)16-6-17-11;1-7-2-3-12-9-5-11-10(4-8(7)9)13-6-14-11;1-12-8-3-6(5-11)7(10)4-9(8)13-2;1-11-8-4-3-7(6-10)5-9(8)12-2;8-5-1-2-6-7(3-5)10-4-9-6;;;;;/h5-11H,4,12H2,1-3H3;3-9H,10H2,1-2H3,(H,24,25);1-2,4-5H,3,6H2,(H,14,15);2-5H,6H2,1H3;3-5H,1-2H3;3-6H,1-2H3;1-3H,4,8H2;5*1H4/b16-7+;14-5+;;;;;;;;;;. The molecule has 18 rings (SSSR count). The van der Waals surface area contributed by atoms with Gasteiger partial charge in [-0.1, -0.05) is 37.1 Å². The molecule has 13 aromatic rings. The minimum Gasteiger partial charge on any atom is -0.493 e. The molecule has 31 nitrogen and oxygen atoms in total. The van der Waals surface area contributed by atoms with Crippen LogP contribution in [0.4, 0.5) is 5.69 Å². The van der Waals surface area contributed by atoms with Crippen molar-refractivity contribution in [3.8, 4) is 103 Å². The first-order chi connectivity index (χ1) is 61.0. The topological polar surface area (TPSA) is 379 Å². The summed E-state index contributed by atoms with van der Waals surface area (Å²) in [5.74, 6) is 9.15. The van der Waals surface area contributed by atoms with Crippen molar-refractivity contribution in [3.63, 3.8) is 0 Å². The Morgan fingerprint density at radius 1 is 0.382 bits per heavy atom. The average Bonchev–Trinajstić information content (AvgIpc) is 1.78. The lowest BCUT2D eigenvalue weighted by atomic mass is 9.98. The zero-order valence-corrected chi connectivity index (χ0v) is 75.6. The molecular weight excluding hydrogens is 2030 g/mol. The number of esters is 1. The number of aryl methyl sites for hydroxylation is 1. The van der Waals surface area contributed by atoms with Crippen LogP contribution in [0, 0.1) is 17.6 Å². The minimum atomic E-state index is -1.05. The number of fused-ring (bicyclic) bond motifs is 9. The van der Waals surface area contributed by atoms with Crippen LogP contribution in [0.2, 0.25) is 0 Å². The van der Waals surface area contributed by atoms with E-state index < -0.39 is 17.9 Å². The number of carbonyl (C=O) groups is 5. The summed E-state index contributed by atoms with van der Waals surface area (Å²) in [7, 11) is 12.4. The second-order valence-corrected chi connectivity index (χ2v) is 30.1. The van der Waals surface area contributed by atoms with Crippen molar-refractivity contribution in [2.24, 2.45) is 0 Å². The van der Waals surface area contributed by atoms with Crippen LogP contribution in [0.15, 0.2) is 170 Å². The Labute approximate surface area is 798 Å². The summed E-state index contributed by atoms with van der Waals surface area (Å²) in [6.07, 6.45) is 11.6. The van der Waals surface area contributed by atoms with E-state index in [1.165, 1.54) is 19.8 Å². The van der Waals surface area contributed by atoms with E-state index in [-0.39, 0.29) is 76.1 Å². The maximum atomic E-state index is 13.0. The van der Waals surface area contributed by atoms with Gasteiger partial charge in [-0.3, -0.25) is 34.3 Å². The summed E-state index contributed by atoms with van der Waals surface area (Å²) in [5, 5.41) is 22.1. The molecule has 0 unspecified atom stereocenters. The monoisotopic (exact) mass is 2130 g/mol. The molecule has 0 fully saturated rings. The van der Waals surface area contributed by atoms with Gasteiger partial charge >= 0.3 is 17.9 Å². The number of aromatic nitrogens is 4. The zero-order valence-electron chi connectivity index (χ0n) is 69.1. The molecular formula is C97H100I3N5O26. The molecule has 131 heavy (non-hydrogen) atoms. The van der Waals surface area contributed by atoms with Crippen LogP contribution in [-0.2, 0) is 25.5 Å². The van der Waals surface area contributed by atoms with Gasteiger partial charge in [-0.2, -0.15) is 0 Å². The number of hydrogen-bond donors (Lipinski definition) is 3. The molecule has 0 amide bonds. The van der Waals surface area contributed by atoms with E-state index in [9.17, 15) is 29.1 Å². The van der Waals surface area contributed by atoms with Crippen molar-refractivity contribution in [3.05, 3.63) is 226 Å². The van der Waals surface area contributed by atoms with Crippen molar-refractivity contribution < 1.29 is 124 Å². The Kier molecular flexibility index (Phi) is 39.1. The number of pyridine rings is 4. The highest BCUT2D eigenvalue weighted by atomic mass is 127. The summed E-state index contributed by atoms with van der Waals surface area (Å²) in [6, 6.07) is 42.8. The van der Waals surface area contributed by atoms with Crippen LogP contribution in [0.1, 0.15) is 98.2 Å². The van der Waals surface area contributed by atoms with Crippen molar-refractivity contribution in [2.45, 2.75) is 57.4 Å². The first-order valence-electron chi connectivity index (χ1n) is 37.8. The Balaban J connectivity index is 0.000000216. The number of rotatable bonds is 19. The smallest absolute Gasteiger partial charge is 0.338 e. The van der Waals surface area contributed by atoms with Gasteiger partial charge in [-0.25, -0.2) is 9.59 Å². The molecule has 0 saturated heterocycles. The summed E-state index contributed by atoms with van der Waals surface area (Å²) in [6.45, 7) is 5.19. The number of methoxy groups -OCH3 is 8. The summed E-state index contributed by atoms with van der Waals surface area (Å²) < 4.78 is 103. The SMILES string of the molecule is C.C.C.C.C.CCOC(=O)/C(=C/c1cc(OC)c(OC)cc1I)c1ccnc2cc3c(cc12)OCO3.COc1cc(I)c(/C=C(/C(=O)O)c2ccnc3cc4c(cc23)OCO4)cc1OC.COc1cc(I)c(C=O)cc1OC.COc1ccc(C=O)cc1OC.Cc1ccnc2cc3c(cc12)OCO3.Nc1ccc2c(c1)OCO2.O=C(O)Cc1ccnc2cc3c(cc12)OCO3. The van der Waals surface area contributed by atoms with E-state index >= 15 is 0 Å². The third-order valence-corrected chi connectivity index (χ3v) is 21.9. The number of nitrogen functional groups attached to an aromatic ring is 1. The van der Waals surface area contributed by atoms with Crippen LogP contribution >= 0.6 is 67.8 Å². The highest BCUT2D eigenvalue weighted by Gasteiger charge is 2.26. The highest BCUT2D eigenvalue weighted by Crippen LogP contribution is 2.44. The molecule has 0 spiro atoms. The number of aldehydes is 2. The van der Waals surface area contributed by atoms with E-state index in [0.717, 1.165) is 79.1 Å². The van der Waals surface area contributed by atoms with Gasteiger partial charge in [0.15, 0.2) is 110 Å². The Bertz CT molecular complexity index is 6330. The molecule has 4 N–H and O–H groups in total. The third-order valence-electron chi connectivity index (χ3n) is 19.1. The van der Waals surface area contributed by atoms with E-state index in [0.29, 0.717) is 155 Å². The third kappa shape index (κ3) is 25.2. The molecule has 0 saturated carbocycles. The van der Waals surface area contributed by atoms with Crippen LogP contribution in [0.5, 0.6) is 103 Å². The second-order valence-electron chi connectivity index (χ2n) is 26.6. The second kappa shape index (κ2) is 49.1.